The van der Waals surface area contributed by atoms with Crippen LogP contribution in [0.5, 0.6) is 0 Å². The normalized spacial score (nSPS) is 13.7. The zero-order valence-electron chi connectivity index (χ0n) is 14.7. The molecule has 6 heteroatoms. The van der Waals surface area contributed by atoms with E-state index in [9.17, 15) is 4.79 Å². The first-order valence-corrected chi connectivity index (χ1v) is 8.98. The Morgan fingerprint density at radius 1 is 1.12 bits per heavy atom. The topological polar surface area (TPSA) is 70.2 Å². The van der Waals surface area contributed by atoms with E-state index in [-0.39, 0.29) is 5.91 Å². The van der Waals surface area contributed by atoms with Gasteiger partial charge in [0.1, 0.15) is 11.5 Å². The number of aromatic nitrogens is 2. The van der Waals surface area contributed by atoms with E-state index in [1.165, 1.54) is 24.7 Å². The molecule has 0 spiro atoms. The summed E-state index contributed by atoms with van der Waals surface area (Å²) in [6.07, 6.45) is 7.64. The molecule has 2 aromatic rings. The van der Waals surface area contributed by atoms with Gasteiger partial charge in [0.15, 0.2) is 0 Å². The van der Waals surface area contributed by atoms with Crippen LogP contribution in [0.25, 0.3) is 0 Å². The fourth-order valence-electron chi connectivity index (χ4n) is 2.86. The van der Waals surface area contributed by atoms with E-state index in [1.807, 2.05) is 12.1 Å². The summed E-state index contributed by atoms with van der Waals surface area (Å²) in [6.45, 7) is 5.03. The van der Waals surface area contributed by atoms with Crippen molar-refractivity contribution in [3.8, 4) is 0 Å². The second-order valence-corrected chi connectivity index (χ2v) is 6.26. The summed E-state index contributed by atoms with van der Waals surface area (Å²) in [7, 11) is 0. The second-order valence-electron chi connectivity index (χ2n) is 6.26. The number of benzene rings is 1. The molecule has 0 atom stereocenters. The lowest BCUT2D eigenvalue weighted by molar-refractivity contribution is 0.0948. The summed E-state index contributed by atoms with van der Waals surface area (Å²) in [4.78, 5) is 22.8. The van der Waals surface area contributed by atoms with Gasteiger partial charge in [-0.05, 0) is 43.5 Å². The summed E-state index contributed by atoms with van der Waals surface area (Å²) >= 11 is 0. The van der Waals surface area contributed by atoms with Crippen molar-refractivity contribution in [3.63, 3.8) is 0 Å². The first kappa shape index (κ1) is 17.2. The number of amides is 1. The van der Waals surface area contributed by atoms with Gasteiger partial charge in [-0.1, -0.05) is 13.3 Å². The van der Waals surface area contributed by atoms with Gasteiger partial charge < -0.3 is 15.5 Å². The van der Waals surface area contributed by atoms with Crippen LogP contribution in [0.15, 0.2) is 36.7 Å². The van der Waals surface area contributed by atoms with Crippen molar-refractivity contribution < 1.29 is 4.79 Å². The average molecular weight is 339 g/mol. The molecule has 25 heavy (non-hydrogen) atoms. The molecule has 1 aliphatic heterocycles. The Balaban J connectivity index is 1.56. The van der Waals surface area contributed by atoms with E-state index in [4.69, 9.17) is 0 Å². The van der Waals surface area contributed by atoms with Crippen molar-refractivity contribution in [2.45, 2.75) is 32.6 Å². The maximum atomic E-state index is 11.9. The number of hydrogen-bond donors (Lipinski definition) is 2. The van der Waals surface area contributed by atoms with E-state index in [1.54, 1.807) is 6.20 Å². The maximum absolute atomic E-state index is 11.9. The van der Waals surface area contributed by atoms with Gasteiger partial charge in [0, 0.05) is 31.0 Å². The lowest BCUT2D eigenvalue weighted by Gasteiger charge is -2.17. The fraction of sp³-hybridized carbons (Fsp3) is 0.421. The minimum Gasteiger partial charge on any atom is -0.372 e. The average Bonchev–Trinajstić information content (AvgIpc) is 3.18. The lowest BCUT2D eigenvalue weighted by Crippen LogP contribution is -2.25. The molecule has 0 bridgehead atoms. The second kappa shape index (κ2) is 8.46. The first-order chi connectivity index (χ1) is 12.3. The van der Waals surface area contributed by atoms with Crippen molar-refractivity contribution in [2.75, 3.05) is 29.9 Å². The maximum Gasteiger partial charge on any atom is 0.271 e. The molecule has 1 aromatic carbocycles. The smallest absolute Gasteiger partial charge is 0.271 e. The predicted molar refractivity (Wildman–Crippen MR) is 100 cm³/mol. The Bertz CT molecular complexity index is 678. The SMILES string of the molecule is CCCCNC(=O)c1cnc(Nc2ccc(N3CCCC3)cc2)cn1. The number of unbranched alkanes of at least 4 members (excludes halogenated alkanes) is 1. The Kier molecular flexibility index (Phi) is 5.82. The molecule has 0 radical (unpaired) electrons. The highest BCUT2D eigenvalue weighted by molar-refractivity contribution is 5.92. The van der Waals surface area contributed by atoms with Crippen LogP contribution >= 0.6 is 0 Å². The Morgan fingerprint density at radius 3 is 2.52 bits per heavy atom. The zero-order valence-corrected chi connectivity index (χ0v) is 14.7. The molecule has 6 nitrogen and oxygen atoms in total. The molecular weight excluding hydrogens is 314 g/mol. The van der Waals surface area contributed by atoms with Crippen LogP contribution in [-0.2, 0) is 0 Å². The molecule has 1 saturated heterocycles. The van der Waals surface area contributed by atoms with Gasteiger partial charge >= 0.3 is 0 Å². The number of anilines is 3. The van der Waals surface area contributed by atoms with Crippen LogP contribution in [0.3, 0.4) is 0 Å². The van der Waals surface area contributed by atoms with Crippen molar-refractivity contribution in [1.82, 2.24) is 15.3 Å². The van der Waals surface area contributed by atoms with Gasteiger partial charge in [-0.25, -0.2) is 9.97 Å². The van der Waals surface area contributed by atoms with Gasteiger partial charge in [0.05, 0.1) is 12.4 Å². The minimum absolute atomic E-state index is 0.178. The quantitative estimate of drug-likeness (QED) is 0.757. The predicted octanol–water partition coefficient (Wildman–Crippen LogP) is 3.35. The zero-order chi connectivity index (χ0) is 17.5. The van der Waals surface area contributed by atoms with Crippen LogP contribution in [0.1, 0.15) is 43.1 Å². The number of nitrogens with zero attached hydrogens (tertiary/aromatic N) is 3. The Morgan fingerprint density at radius 2 is 1.88 bits per heavy atom. The van der Waals surface area contributed by atoms with Crippen LogP contribution in [-0.4, -0.2) is 35.5 Å². The molecule has 2 N–H and O–H groups in total. The molecule has 1 fully saturated rings. The highest BCUT2D eigenvalue weighted by Crippen LogP contribution is 2.23. The molecule has 3 rings (SSSR count). The summed E-state index contributed by atoms with van der Waals surface area (Å²) < 4.78 is 0. The summed E-state index contributed by atoms with van der Waals surface area (Å²) in [5.41, 5.74) is 2.55. The molecule has 1 amide bonds. The third-order valence-corrected chi connectivity index (χ3v) is 4.31. The Labute approximate surface area is 148 Å². The molecule has 0 unspecified atom stereocenters. The molecule has 0 saturated carbocycles. The third-order valence-electron chi connectivity index (χ3n) is 4.31. The summed E-state index contributed by atoms with van der Waals surface area (Å²) in [5, 5.41) is 6.05. The number of hydrogen-bond acceptors (Lipinski definition) is 5. The van der Waals surface area contributed by atoms with Gasteiger partial charge in [-0.3, -0.25) is 4.79 Å². The van der Waals surface area contributed by atoms with E-state index in [0.29, 0.717) is 18.1 Å². The number of carbonyl (C=O) groups excluding carboxylic acids is 1. The summed E-state index contributed by atoms with van der Waals surface area (Å²) in [6, 6.07) is 8.33. The molecule has 0 aliphatic carbocycles. The van der Waals surface area contributed by atoms with Gasteiger partial charge in [0.25, 0.3) is 5.91 Å². The van der Waals surface area contributed by atoms with Crippen molar-refractivity contribution >= 4 is 23.1 Å². The van der Waals surface area contributed by atoms with Gasteiger partial charge in [0.2, 0.25) is 0 Å². The highest BCUT2D eigenvalue weighted by atomic mass is 16.1. The molecule has 2 heterocycles. The van der Waals surface area contributed by atoms with Gasteiger partial charge in [-0.2, -0.15) is 0 Å². The Hall–Kier alpha value is -2.63. The van der Waals surface area contributed by atoms with E-state index in [0.717, 1.165) is 31.6 Å². The first-order valence-electron chi connectivity index (χ1n) is 8.98. The fourth-order valence-corrected chi connectivity index (χ4v) is 2.86. The van der Waals surface area contributed by atoms with Crippen molar-refractivity contribution in [3.05, 3.63) is 42.4 Å². The minimum atomic E-state index is -0.178. The number of carbonyl (C=O) groups is 1. The van der Waals surface area contributed by atoms with Crippen LogP contribution in [0.2, 0.25) is 0 Å². The molecule has 132 valence electrons. The van der Waals surface area contributed by atoms with Gasteiger partial charge in [-0.15, -0.1) is 0 Å². The van der Waals surface area contributed by atoms with E-state index in [2.05, 4.69) is 44.6 Å². The number of rotatable bonds is 7. The van der Waals surface area contributed by atoms with Crippen LogP contribution in [0.4, 0.5) is 17.2 Å². The molecular formula is C19H25N5O. The summed E-state index contributed by atoms with van der Waals surface area (Å²) in [5.74, 6) is 0.446. The number of nitrogens with one attached hydrogen (secondary N) is 2. The van der Waals surface area contributed by atoms with Crippen molar-refractivity contribution in [1.29, 1.82) is 0 Å². The monoisotopic (exact) mass is 339 g/mol. The van der Waals surface area contributed by atoms with Crippen LogP contribution in [0, 0.1) is 0 Å². The largest absolute Gasteiger partial charge is 0.372 e. The lowest BCUT2D eigenvalue weighted by atomic mass is 10.2. The molecule has 1 aliphatic rings. The highest BCUT2D eigenvalue weighted by Gasteiger charge is 2.12. The van der Waals surface area contributed by atoms with E-state index < -0.39 is 0 Å². The van der Waals surface area contributed by atoms with Crippen LogP contribution < -0.4 is 15.5 Å². The molecule has 1 aromatic heterocycles. The van der Waals surface area contributed by atoms with E-state index >= 15 is 0 Å². The third kappa shape index (κ3) is 4.68. The van der Waals surface area contributed by atoms with Crippen molar-refractivity contribution in [2.24, 2.45) is 0 Å². The standard InChI is InChI=1S/C19H25N5O/c1-2-3-10-20-19(25)17-13-22-18(14-21-17)23-15-6-8-16(9-7-15)24-11-4-5-12-24/h6-9,13-14H,2-5,10-12H2,1H3,(H,20,25)(H,22,23).